The van der Waals surface area contributed by atoms with Gasteiger partial charge in [-0.15, -0.1) is 0 Å². The number of H-pyrrole nitrogens is 1. The SMILES string of the molecule is COc1ccc2[nH]c3c(c2c1F)CC1(C)C(=O)N(CCCN2CC=CCC2)C(=O)N1C3c1cccc(O)c1. The molecule has 2 aromatic carbocycles. The van der Waals surface area contributed by atoms with E-state index in [1.54, 1.807) is 42.2 Å². The Kier molecular flexibility index (Phi) is 5.90. The summed E-state index contributed by atoms with van der Waals surface area (Å²) in [5.74, 6) is -0.623. The van der Waals surface area contributed by atoms with Gasteiger partial charge in [0.25, 0.3) is 5.91 Å². The van der Waals surface area contributed by atoms with Crippen LogP contribution in [0.15, 0.2) is 48.6 Å². The van der Waals surface area contributed by atoms with Gasteiger partial charge in [0.15, 0.2) is 11.6 Å². The molecule has 2 N–H and O–H groups in total. The molecule has 1 saturated heterocycles. The van der Waals surface area contributed by atoms with Crippen molar-refractivity contribution in [1.82, 2.24) is 19.7 Å². The van der Waals surface area contributed by atoms with Gasteiger partial charge >= 0.3 is 6.03 Å². The average Bonchev–Trinajstić information content (AvgIpc) is 3.36. The molecule has 0 spiro atoms. The first-order chi connectivity index (χ1) is 18.3. The summed E-state index contributed by atoms with van der Waals surface area (Å²) in [4.78, 5) is 36.5. The van der Waals surface area contributed by atoms with Crippen LogP contribution in [0.3, 0.4) is 0 Å². The summed E-state index contributed by atoms with van der Waals surface area (Å²) in [6.45, 7) is 4.72. The van der Waals surface area contributed by atoms with Crippen molar-refractivity contribution in [2.75, 3.05) is 33.3 Å². The van der Waals surface area contributed by atoms with Crippen LogP contribution < -0.4 is 4.74 Å². The molecule has 2 unspecified atom stereocenters. The number of fused-ring (bicyclic) bond motifs is 4. The van der Waals surface area contributed by atoms with Gasteiger partial charge in [0.1, 0.15) is 17.3 Å². The number of hydrogen-bond acceptors (Lipinski definition) is 5. The molecule has 3 amide bonds. The standard InChI is InChI=1S/C29H31FN4O4/c1-29-17-20-23-21(10-11-22(38-2)24(23)30)31-25(20)26(18-8-6-9-19(35)16-18)34(29)28(37)33(27(29)36)15-7-14-32-12-4-3-5-13-32/h3-4,6,8-11,16,26,31,35H,5,7,12-15,17H2,1-2H3. The minimum Gasteiger partial charge on any atom is -0.508 e. The van der Waals surface area contributed by atoms with Crippen LogP contribution in [-0.2, 0) is 11.2 Å². The van der Waals surface area contributed by atoms with Crippen LogP contribution in [0.25, 0.3) is 10.9 Å². The molecule has 0 bridgehead atoms. The lowest BCUT2D eigenvalue weighted by atomic mass is 9.81. The number of methoxy groups -OCH3 is 1. The number of aromatic hydroxyl groups is 1. The molecule has 198 valence electrons. The molecule has 4 heterocycles. The first kappa shape index (κ1) is 24.5. The number of aromatic nitrogens is 1. The Morgan fingerprint density at radius 2 is 2.03 bits per heavy atom. The number of benzene rings is 2. The zero-order valence-electron chi connectivity index (χ0n) is 21.5. The molecule has 8 nitrogen and oxygen atoms in total. The Labute approximate surface area is 220 Å². The van der Waals surface area contributed by atoms with Gasteiger partial charge in [-0.25, -0.2) is 9.18 Å². The topological polar surface area (TPSA) is 89.1 Å². The number of hydrogen-bond donors (Lipinski definition) is 2. The molecule has 3 aliphatic heterocycles. The Morgan fingerprint density at radius 3 is 2.76 bits per heavy atom. The molecule has 1 fully saturated rings. The lowest BCUT2D eigenvalue weighted by molar-refractivity contribution is -0.133. The van der Waals surface area contributed by atoms with Crippen LogP contribution in [-0.4, -0.2) is 75.6 Å². The Balaban J connectivity index is 1.42. The van der Waals surface area contributed by atoms with Gasteiger partial charge in [-0.05, 0) is 55.2 Å². The molecule has 38 heavy (non-hydrogen) atoms. The Hall–Kier alpha value is -3.85. The highest BCUT2D eigenvalue weighted by molar-refractivity contribution is 6.08. The summed E-state index contributed by atoms with van der Waals surface area (Å²) >= 11 is 0. The zero-order chi connectivity index (χ0) is 26.6. The van der Waals surface area contributed by atoms with E-state index in [4.69, 9.17) is 4.74 Å². The number of nitrogens with zero attached hydrogens (tertiary/aromatic N) is 3. The van der Waals surface area contributed by atoms with Crippen molar-refractivity contribution in [3.8, 4) is 11.5 Å². The lowest BCUT2D eigenvalue weighted by Crippen LogP contribution is -2.53. The predicted octanol–water partition coefficient (Wildman–Crippen LogP) is 4.34. The molecule has 0 saturated carbocycles. The molecular weight excluding hydrogens is 487 g/mol. The van der Waals surface area contributed by atoms with E-state index in [0.29, 0.717) is 40.7 Å². The maximum Gasteiger partial charge on any atom is 0.328 e. The summed E-state index contributed by atoms with van der Waals surface area (Å²) in [5.41, 5.74) is 1.28. The number of amides is 3. The van der Waals surface area contributed by atoms with Crippen molar-refractivity contribution < 1.29 is 23.8 Å². The zero-order valence-corrected chi connectivity index (χ0v) is 21.5. The maximum atomic E-state index is 15.6. The lowest BCUT2D eigenvalue weighted by Gasteiger charge is -2.42. The fourth-order valence-corrected chi connectivity index (χ4v) is 6.29. The van der Waals surface area contributed by atoms with Gasteiger partial charge in [0.05, 0.1) is 7.11 Å². The number of nitrogens with one attached hydrogen (secondary N) is 1. The molecule has 3 aliphatic rings. The van der Waals surface area contributed by atoms with E-state index in [2.05, 4.69) is 22.0 Å². The largest absolute Gasteiger partial charge is 0.508 e. The van der Waals surface area contributed by atoms with Crippen molar-refractivity contribution in [1.29, 1.82) is 0 Å². The summed E-state index contributed by atoms with van der Waals surface area (Å²) in [5, 5.41) is 10.6. The predicted molar refractivity (Wildman–Crippen MR) is 141 cm³/mol. The normalized spacial score (nSPS) is 23.3. The molecule has 6 rings (SSSR count). The smallest absolute Gasteiger partial charge is 0.328 e. The number of aromatic amines is 1. The average molecular weight is 519 g/mol. The van der Waals surface area contributed by atoms with E-state index in [1.165, 1.54) is 12.0 Å². The molecule has 0 radical (unpaired) electrons. The Morgan fingerprint density at radius 1 is 1.18 bits per heavy atom. The molecular formula is C29H31FN4O4. The second-order valence-corrected chi connectivity index (χ2v) is 10.5. The van der Waals surface area contributed by atoms with E-state index >= 15 is 4.39 Å². The van der Waals surface area contributed by atoms with Crippen LogP contribution >= 0.6 is 0 Å². The molecule has 2 atom stereocenters. The molecule has 0 aliphatic carbocycles. The number of phenols is 1. The van der Waals surface area contributed by atoms with Gasteiger partial charge < -0.3 is 14.8 Å². The van der Waals surface area contributed by atoms with Crippen LogP contribution in [0.4, 0.5) is 9.18 Å². The van der Waals surface area contributed by atoms with E-state index in [9.17, 15) is 14.7 Å². The van der Waals surface area contributed by atoms with Crippen LogP contribution in [0.5, 0.6) is 11.5 Å². The van der Waals surface area contributed by atoms with E-state index in [-0.39, 0.29) is 29.9 Å². The highest BCUT2D eigenvalue weighted by Gasteiger charge is 2.60. The van der Waals surface area contributed by atoms with Gasteiger partial charge in [-0.2, -0.15) is 0 Å². The van der Waals surface area contributed by atoms with Crippen molar-refractivity contribution in [3.05, 3.63) is 71.2 Å². The van der Waals surface area contributed by atoms with Crippen LogP contribution in [0.2, 0.25) is 0 Å². The number of ether oxygens (including phenoxy) is 1. The fraction of sp³-hybridized carbons (Fsp3) is 0.379. The number of halogens is 1. The highest BCUT2D eigenvalue weighted by atomic mass is 19.1. The minimum absolute atomic E-state index is 0.0469. The first-order valence-electron chi connectivity index (χ1n) is 13.0. The molecule has 1 aromatic heterocycles. The summed E-state index contributed by atoms with van der Waals surface area (Å²) in [7, 11) is 1.42. The minimum atomic E-state index is -1.21. The third kappa shape index (κ3) is 3.67. The number of phenolic OH excluding ortho intramolecular Hbond substituents is 1. The summed E-state index contributed by atoms with van der Waals surface area (Å²) in [6.07, 6.45) is 6.15. The maximum absolute atomic E-state index is 15.6. The van der Waals surface area contributed by atoms with E-state index < -0.39 is 17.4 Å². The van der Waals surface area contributed by atoms with Crippen molar-refractivity contribution >= 4 is 22.8 Å². The highest BCUT2D eigenvalue weighted by Crippen LogP contribution is 2.49. The first-order valence-corrected chi connectivity index (χ1v) is 13.0. The van der Waals surface area contributed by atoms with Crippen LogP contribution in [0.1, 0.15) is 42.6 Å². The third-order valence-electron chi connectivity index (χ3n) is 8.13. The number of imide groups is 1. The molecule has 9 heteroatoms. The van der Waals surface area contributed by atoms with Gasteiger partial charge in [0, 0.05) is 49.2 Å². The summed E-state index contributed by atoms with van der Waals surface area (Å²) in [6, 6.07) is 8.89. The van der Waals surface area contributed by atoms with Gasteiger partial charge in [-0.3, -0.25) is 19.5 Å². The summed E-state index contributed by atoms with van der Waals surface area (Å²) < 4.78 is 20.8. The van der Waals surface area contributed by atoms with Crippen molar-refractivity contribution in [2.45, 2.75) is 37.8 Å². The van der Waals surface area contributed by atoms with Gasteiger partial charge in [-0.1, -0.05) is 24.3 Å². The Bertz CT molecular complexity index is 1470. The number of carbonyl (C=O) groups excluding carboxylic acids is 2. The number of rotatable bonds is 6. The second-order valence-electron chi connectivity index (χ2n) is 10.5. The fourth-order valence-electron chi connectivity index (χ4n) is 6.29. The van der Waals surface area contributed by atoms with Crippen molar-refractivity contribution in [2.24, 2.45) is 0 Å². The van der Waals surface area contributed by atoms with Crippen LogP contribution in [0, 0.1) is 5.82 Å². The quantitative estimate of drug-likeness (QED) is 0.374. The van der Waals surface area contributed by atoms with Crippen molar-refractivity contribution in [3.63, 3.8) is 0 Å². The number of urea groups is 1. The third-order valence-corrected chi connectivity index (χ3v) is 8.13. The van der Waals surface area contributed by atoms with E-state index in [1.807, 2.05) is 6.07 Å². The van der Waals surface area contributed by atoms with E-state index in [0.717, 1.165) is 26.1 Å². The molecule has 3 aromatic rings. The number of carbonyl (C=O) groups is 2. The monoisotopic (exact) mass is 518 g/mol. The van der Waals surface area contributed by atoms with Gasteiger partial charge in [0.2, 0.25) is 0 Å². The second kappa shape index (κ2) is 9.16.